The van der Waals surface area contributed by atoms with Crippen LogP contribution in [-0.2, 0) is 0 Å². The second-order valence-corrected chi connectivity index (χ2v) is 5.18. The summed E-state index contributed by atoms with van der Waals surface area (Å²) in [6.45, 7) is 0. The number of nitrogens with zero attached hydrogens (tertiary/aromatic N) is 4. The van der Waals surface area contributed by atoms with E-state index in [-0.39, 0.29) is 12.4 Å². The maximum atomic E-state index is 4.63. The lowest BCUT2D eigenvalue weighted by molar-refractivity contribution is 0.992. The lowest BCUT2D eigenvalue weighted by atomic mass is 10.2. The van der Waals surface area contributed by atoms with Crippen molar-refractivity contribution in [1.82, 2.24) is 19.5 Å². The molecule has 3 aromatic heterocycles. The molecule has 0 aliphatic heterocycles. The summed E-state index contributed by atoms with van der Waals surface area (Å²) < 4.78 is 1.87. The summed E-state index contributed by atoms with van der Waals surface area (Å²) in [6.07, 6.45) is 11.2. The molecule has 0 aliphatic carbocycles. The normalized spacial score (nSPS) is 10.8. The van der Waals surface area contributed by atoms with Crippen LogP contribution in [0.3, 0.4) is 0 Å². The Hall–Kier alpha value is -2.98. The first-order valence-electron chi connectivity index (χ1n) is 7.37. The number of rotatable bonds is 3. The van der Waals surface area contributed by atoms with Crippen LogP contribution in [0, 0.1) is 0 Å². The smallest absolute Gasteiger partial charge is 0.137 e. The third-order valence-electron chi connectivity index (χ3n) is 3.61. The van der Waals surface area contributed by atoms with Crippen molar-refractivity contribution in [3.05, 3.63) is 84.7 Å². The van der Waals surface area contributed by atoms with Crippen LogP contribution in [0.4, 0.5) is 0 Å². The van der Waals surface area contributed by atoms with E-state index in [0.717, 1.165) is 28.0 Å². The quantitative estimate of drug-likeness (QED) is 0.557. The molecule has 0 amide bonds. The minimum Gasteiger partial charge on any atom is -0.291 e. The highest BCUT2D eigenvalue weighted by Gasteiger charge is 1.97. The molecule has 0 N–H and O–H groups in total. The second kappa shape index (κ2) is 7.06. The van der Waals surface area contributed by atoms with E-state index < -0.39 is 0 Å². The molecule has 4 nitrogen and oxygen atoms in total. The number of para-hydroxylation sites is 1. The maximum absolute atomic E-state index is 4.63. The lowest BCUT2D eigenvalue weighted by Crippen LogP contribution is -1.93. The van der Waals surface area contributed by atoms with Crippen molar-refractivity contribution in [2.75, 3.05) is 0 Å². The van der Waals surface area contributed by atoms with Gasteiger partial charge in [-0.25, -0.2) is 15.0 Å². The summed E-state index contributed by atoms with van der Waals surface area (Å²) in [7, 11) is 0. The number of imidazole rings is 1. The fraction of sp³-hybridized carbons (Fsp3) is 0. The molecule has 0 saturated heterocycles. The Morgan fingerprint density at radius 2 is 1.83 bits per heavy atom. The third-order valence-corrected chi connectivity index (χ3v) is 3.61. The van der Waals surface area contributed by atoms with E-state index in [2.05, 4.69) is 27.1 Å². The highest BCUT2D eigenvalue weighted by Crippen LogP contribution is 2.14. The average Bonchev–Trinajstić information content (AvgIpc) is 3.15. The molecular formula is C19H15ClN4. The minimum atomic E-state index is 0. The first-order valence-corrected chi connectivity index (χ1v) is 7.37. The van der Waals surface area contributed by atoms with Crippen molar-refractivity contribution < 1.29 is 0 Å². The van der Waals surface area contributed by atoms with Gasteiger partial charge in [0, 0.05) is 24.0 Å². The van der Waals surface area contributed by atoms with Gasteiger partial charge >= 0.3 is 0 Å². The number of fused-ring (bicyclic) bond motifs is 1. The van der Waals surface area contributed by atoms with Gasteiger partial charge in [-0.1, -0.05) is 30.3 Å². The van der Waals surface area contributed by atoms with Gasteiger partial charge in [-0.3, -0.25) is 4.57 Å². The molecule has 4 rings (SSSR count). The summed E-state index contributed by atoms with van der Waals surface area (Å²) in [4.78, 5) is 13.1. The molecule has 3 heterocycles. The summed E-state index contributed by atoms with van der Waals surface area (Å²) in [5, 5.41) is 1.15. The van der Waals surface area contributed by atoms with Gasteiger partial charge in [0.1, 0.15) is 12.1 Å². The van der Waals surface area contributed by atoms with Gasteiger partial charge in [-0.05, 0) is 35.9 Å². The predicted octanol–water partition coefficient (Wildman–Crippen LogP) is 4.41. The van der Waals surface area contributed by atoms with Gasteiger partial charge < -0.3 is 0 Å². The zero-order valence-electron chi connectivity index (χ0n) is 12.8. The van der Waals surface area contributed by atoms with Crippen LogP contribution in [0.25, 0.3) is 28.9 Å². The molecule has 0 bridgehead atoms. The van der Waals surface area contributed by atoms with Crippen molar-refractivity contribution in [3.8, 4) is 5.82 Å². The zero-order valence-corrected chi connectivity index (χ0v) is 13.6. The number of hydrogen-bond donors (Lipinski definition) is 0. The Morgan fingerprint density at radius 1 is 0.917 bits per heavy atom. The van der Waals surface area contributed by atoms with Crippen LogP contribution in [-0.4, -0.2) is 19.5 Å². The molecule has 0 aliphatic rings. The van der Waals surface area contributed by atoms with Gasteiger partial charge in [0.05, 0.1) is 11.2 Å². The molecule has 5 heteroatoms. The summed E-state index contributed by atoms with van der Waals surface area (Å²) >= 11 is 0. The molecule has 1 aromatic carbocycles. The van der Waals surface area contributed by atoms with Gasteiger partial charge in [-0.2, -0.15) is 0 Å². The topological polar surface area (TPSA) is 43.6 Å². The Labute approximate surface area is 145 Å². The molecule has 118 valence electrons. The largest absolute Gasteiger partial charge is 0.291 e. The van der Waals surface area contributed by atoms with Crippen LogP contribution in [0.5, 0.6) is 0 Å². The highest BCUT2D eigenvalue weighted by molar-refractivity contribution is 5.85. The molecule has 24 heavy (non-hydrogen) atoms. The predicted molar refractivity (Wildman–Crippen MR) is 99.3 cm³/mol. The van der Waals surface area contributed by atoms with E-state index in [0.29, 0.717) is 0 Å². The van der Waals surface area contributed by atoms with Gasteiger partial charge in [-0.15, -0.1) is 12.4 Å². The Morgan fingerprint density at radius 3 is 2.62 bits per heavy atom. The van der Waals surface area contributed by atoms with E-state index in [4.69, 9.17) is 0 Å². The molecule has 0 spiro atoms. The third kappa shape index (κ3) is 3.34. The standard InChI is InChI=1S/C19H14N4.ClH/c1-2-4-18-16(3-1)7-9-17(22-18)8-5-15-6-10-19(21-13-15)23-12-11-20-14-23;/h1-14H;1H/b8-5+;. The molecule has 0 unspecified atom stereocenters. The molecular weight excluding hydrogens is 320 g/mol. The van der Waals surface area contributed by atoms with Gasteiger partial charge in [0.15, 0.2) is 0 Å². The van der Waals surface area contributed by atoms with Crippen molar-refractivity contribution in [1.29, 1.82) is 0 Å². The number of hydrogen-bond acceptors (Lipinski definition) is 3. The molecule has 0 atom stereocenters. The first kappa shape index (κ1) is 15.9. The van der Waals surface area contributed by atoms with E-state index in [1.165, 1.54) is 0 Å². The fourth-order valence-electron chi connectivity index (χ4n) is 2.40. The van der Waals surface area contributed by atoms with Gasteiger partial charge in [0.25, 0.3) is 0 Å². The second-order valence-electron chi connectivity index (χ2n) is 5.18. The molecule has 4 aromatic rings. The van der Waals surface area contributed by atoms with Crippen LogP contribution >= 0.6 is 12.4 Å². The van der Waals surface area contributed by atoms with Crippen molar-refractivity contribution in [2.45, 2.75) is 0 Å². The summed E-state index contributed by atoms with van der Waals surface area (Å²) in [5.41, 5.74) is 2.97. The van der Waals surface area contributed by atoms with Crippen LogP contribution in [0.15, 0.2) is 73.4 Å². The monoisotopic (exact) mass is 334 g/mol. The Balaban J connectivity index is 0.00000169. The van der Waals surface area contributed by atoms with Crippen molar-refractivity contribution in [2.24, 2.45) is 0 Å². The lowest BCUT2D eigenvalue weighted by Gasteiger charge is -2.01. The Kier molecular flexibility index (Phi) is 4.68. The van der Waals surface area contributed by atoms with Gasteiger partial charge in [0.2, 0.25) is 0 Å². The zero-order chi connectivity index (χ0) is 15.5. The van der Waals surface area contributed by atoms with Crippen LogP contribution in [0.2, 0.25) is 0 Å². The van der Waals surface area contributed by atoms with E-state index >= 15 is 0 Å². The summed E-state index contributed by atoms with van der Waals surface area (Å²) in [6, 6.07) is 16.2. The number of pyridine rings is 2. The van der Waals surface area contributed by atoms with E-state index in [1.54, 1.807) is 12.5 Å². The van der Waals surface area contributed by atoms with E-state index in [1.807, 2.05) is 65.5 Å². The average molecular weight is 335 g/mol. The van der Waals surface area contributed by atoms with Crippen molar-refractivity contribution >= 4 is 35.5 Å². The van der Waals surface area contributed by atoms with Crippen molar-refractivity contribution in [3.63, 3.8) is 0 Å². The number of aromatic nitrogens is 4. The fourth-order valence-corrected chi connectivity index (χ4v) is 2.40. The van der Waals surface area contributed by atoms with Crippen LogP contribution in [0.1, 0.15) is 11.3 Å². The molecule has 0 radical (unpaired) electrons. The Bertz CT molecular complexity index is 960. The summed E-state index contributed by atoms with van der Waals surface area (Å²) in [5.74, 6) is 0.850. The first-order chi connectivity index (χ1) is 11.4. The minimum absolute atomic E-state index is 0. The molecule has 0 fully saturated rings. The maximum Gasteiger partial charge on any atom is 0.137 e. The SMILES string of the molecule is C(=C\c1ccc2ccccc2n1)/c1ccc(-n2ccnc2)nc1.Cl. The van der Waals surface area contributed by atoms with E-state index in [9.17, 15) is 0 Å². The number of benzene rings is 1. The highest BCUT2D eigenvalue weighted by atomic mass is 35.5. The van der Waals surface area contributed by atoms with Crippen LogP contribution < -0.4 is 0 Å². The molecule has 0 saturated carbocycles. The number of halogens is 1.